The van der Waals surface area contributed by atoms with Crippen LogP contribution in [-0.2, 0) is 6.54 Å². The fourth-order valence-electron chi connectivity index (χ4n) is 1.55. The van der Waals surface area contributed by atoms with E-state index in [-0.39, 0.29) is 0 Å². The van der Waals surface area contributed by atoms with Crippen LogP contribution < -0.4 is 10.1 Å². The first-order valence-corrected chi connectivity index (χ1v) is 7.50. The summed E-state index contributed by atoms with van der Waals surface area (Å²) in [6, 6.07) is 5.60. The molecule has 0 amide bonds. The molecule has 0 aliphatic carbocycles. The van der Waals surface area contributed by atoms with Gasteiger partial charge in [-0.2, -0.15) is 0 Å². The second-order valence-electron chi connectivity index (χ2n) is 4.23. The Balaban J connectivity index is 1.99. The Morgan fingerprint density at radius 1 is 1.30 bits per heavy atom. The van der Waals surface area contributed by atoms with E-state index < -0.39 is 0 Å². The van der Waals surface area contributed by atoms with Gasteiger partial charge in [0.05, 0.1) is 4.47 Å². The third-order valence-corrected chi connectivity index (χ3v) is 3.39. The second-order valence-corrected chi connectivity index (χ2v) is 5.52. The maximum Gasteiger partial charge on any atom is 0.321 e. The van der Waals surface area contributed by atoms with Crippen LogP contribution in [0.5, 0.6) is 11.8 Å². The van der Waals surface area contributed by atoms with Crippen molar-refractivity contribution < 1.29 is 4.74 Å². The molecule has 1 aromatic heterocycles. The lowest BCUT2D eigenvalue weighted by Crippen LogP contribution is -2.14. The Morgan fingerprint density at radius 3 is 2.70 bits per heavy atom. The zero-order valence-electron chi connectivity index (χ0n) is 11.1. The Bertz CT molecular complexity index is 563. The average Bonchev–Trinajstić information content (AvgIpc) is 2.44. The number of hydrogen-bond donors (Lipinski definition) is 1. The van der Waals surface area contributed by atoms with E-state index in [1.165, 1.54) is 0 Å². The van der Waals surface area contributed by atoms with Gasteiger partial charge < -0.3 is 10.1 Å². The lowest BCUT2D eigenvalue weighted by atomic mass is 10.3. The van der Waals surface area contributed by atoms with Crippen molar-refractivity contribution in [2.24, 2.45) is 0 Å². The Hall–Kier alpha value is -1.17. The van der Waals surface area contributed by atoms with Gasteiger partial charge in [0.1, 0.15) is 5.75 Å². The van der Waals surface area contributed by atoms with E-state index in [0.29, 0.717) is 16.8 Å². The first kappa shape index (κ1) is 15.2. The van der Waals surface area contributed by atoms with Crippen LogP contribution in [0.25, 0.3) is 0 Å². The summed E-state index contributed by atoms with van der Waals surface area (Å²) in [6.45, 7) is 3.87. The summed E-state index contributed by atoms with van der Waals surface area (Å²) in [5, 5.41) is 3.93. The van der Waals surface area contributed by atoms with E-state index >= 15 is 0 Å². The minimum absolute atomic E-state index is 0.312. The van der Waals surface area contributed by atoms with Crippen LogP contribution in [0, 0.1) is 0 Å². The minimum Gasteiger partial charge on any atom is -0.423 e. The smallest absolute Gasteiger partial charge is 0.321 e. The van der Waals surface area contributed by atoms with Crippen LogP contribution >= 0.6 is 27.5 Å². The number of rotatable bonds is 6. The van der Waals surface area contributed by atoms with Crippen LogP contribution in [-0.4, -0.2) is 16.5 Å². The normalized spacial score (nSPS) is 10.6. The molecule has 0 saturated carbocycles. The molecule has 1 aromatic carbocycles. The molecule has 2 rings (SSSR count). The molecule has 106 valence electrons. The highest BCUT2D eigenvalue weighted by Gasteiger charge is 2.05. The third-order valence-electron chi connectivity index (χ3n) is 2.53. The van der Waals surface area contributed by atoms with Gasteiger partial charge in [-0.15, -0.1) is 0 Å². The van der Waals surface area contributed by atoms with Gasteiger partial charge in [0.15, 0.2) is 0 Å². The summed E-state index contributed by atoms with van der Waals surface area (Å²) in [5.41, 5.74) is 1.03. The molecule has 2 aromatic rings. The molecular formula is C14H15BrClN3O. The topological polar surface area (TPSA) is 47.0 Å². The monoisotopic (exact) mass is 355 g/mol. The summed E-state index contributed by atoms with van der Waals surface area (Å²) < 4.78 is 6.36. The molecule has 6 heteroatoms. The molecule has 1 heterocycles. The highest BCUT2D eigenvalue weighted by Crippen LogP contribution is 2.30. The molecule has 0 radical (unpaired) electrons. The Labute approximate surface area is 131 Å². The largest absolute Gasteiger partial charge is 0.423 e. The molecule has 0 unspecified atom stereocenters. The second kappa shape index (κ2) is 7.57. The third kappa shape index (κ3) is 4.44. The fraction of sp³-hybridized carbons (Fsp3) is 0.286. The van der Waals surface area contributed by atoms with Crippen molar-refractivity contribution in [2.75, 3.05) is 6.54 Å². The van der Waals surface area contributed by atoms with E-state index in [0.717, 1.165) is 29.5 Å². The molecular weight excluding hydrogens is 342 g/mol. The average molecular weight is 357 g/mol. The molecule has 0 fully saturated rings. The van der Waals surface area contributed by atoms with E-state index in [1.807, 2.05) is 0 Å². The van der Waals surface area contributed by atoms with Gasteiger partial charge in [-0.25, -0.2) is 9.97 Å². The summed E-state index contributed by atoms with van der Waals surface area (Å²) in [6.07, 6.45) is 4.62. The summed E-state index contributed by atoms with van der Waals surface area (Å²) in [5.74, 6) is 0.631. The number of aromatic nitrogens is 2. The molecule has 1 N–H and O–H groups in total. The number of nitrogens with zero attached hydrogens (tertiary/aromatic N) is 2. The molecule has 0 atom stereocenters. The van der Waals surface area contributed by atoms with Crippen molar-refractivity contribution in [1.82, 2.24) is 15.3 Å². The van der Waals surface area contributed by atoms with Crippen molar-refractivity contribution >= 4 is 27.5 Å². The zero-order valence-corrected chi connectivity index (χ0v) is 13.4. The SMILES string of the molecule is CCCNCc1cnc(Oc2ccc(Cl)cc2Br)nc1. The van der Waals surface area contributed by atoms with E-state index in [4.69, 9.17) is 16.3 Å². The fourth-order valence-corrected chi connectivity index (χ4v) is 2.32. The highest BCUT2D eigenvalue weighted by molar-refractivity contribution is 9.10. The first-order valence-electron chi connectivity index (χ1n) is 6.33. The lowest BCUT2D eigenvalue weighted by molar-refractivity contribution is 0.438. The van der Waals surface area contributed by atoms with Gasteiger partial charge in [0.2, 0.25) is 0 Å². The van der Waals surface area contributed by atoms with E-state index in [2.05, 4.69) is 38.1 Å². The first-order chi connectivity index (χ1) is 9.69. The van der Waals surface area contributed by atoms with Crippen molar-refractivity contribution in [3.05, 3.63) is 45.7 Å². The molecule has 0 spiro atoms. The number of hydrogen-bond acceptors (Lipinski definition) is 4. The number of nitrogens with one attached hydrogen (secondary N) is 1. The van der Waals surface area contributed by atoms with Crippen molar-refractivity contribution in [3.8, 4) is 11.8 Å². The molecule has 4 nitrogen and oxygen atoms in total. The van der Waals surface area contributed by atoms with Crippen molar-refractivity contribution in [2.45, 2.75) is 19.9 Å². The van der Waals surface area contributed by atoms with Crippen LogP contribution in [0.15, 0.2) is 35.1 Å². The molecule has 20 heavy (non-hydrogen) atoms. The van der Waals surface area contributed by atoms with Gasteiger partial charge in [0, 0.05) is 29.5 Å². The van der Waals surface area contributed by atoms with E-state index in [1.54, 1.807) is 30.6 Å². The van der Waals surface area contributed by atoms with Crippen LogP contribution in [0.4, 0.5) is 0 Å². The molecule has 0 saturated heterocycles. The van der Waals surface area contributed by atoms with Gasteiger partial charge in [-0.3, -0.25) is 0 Å². The van der Waals surface area contributed by atoms with Crippen LogP contribution in [0.2, 0.25) is 5.02 Å². The summed E-state index contributed by atoms with van der Waals surface area (Å²) in [7, 11) is 0. The van der Waals surface area contributed by atoms with Gasteiger partial charge in [-0.1, -0.05) is 18.5 Å². The van der Waals surface area contributed by atoms with Crippen LogP contribution in [0.1, 0.15) is 18.9 Å². The standard InChI is InChI=1S/C14H15BrClN3O/c1-2-5-17-7-10-8-18-14(19-9-10)20-13-4-3-11(16)6-12(13)15/h3-4,6,8-9,17H,2,5,7H2,1H3. The van der Waals surface area contributed by atoms with Crippen molar-refractivity contribution in [3.63, 3.8) is 0 Å². The maximum atomic E-state index is 5.88. The number of halogens is 2. The van der Waals surface area contributed by atoms with Gasteiger partial charge >= 0.3 is 6.01 Å². The van der Waals surface area contributed by atoms with Crippen LogP contribution in [0.3, 0.4) is 0 Å². The lowest BCUT2D eigenvalue weighted by Gasteiger charge is -2.07. The summed E-state index contributed by atoms with van der Waals surface area (Å²) >= 11 is 9.26. The number of ether oxygens (including phenoxy) is 1. The van der Waals surface area contributed by atoms with Gasteiger partial charge in [0.25, 0.3) is 0 Å². The Morgan fingerprint density at radius 2 is 2.05 bits per heavy atom. The predicted octanol–water partition coefficient (Wildman–Crippen LogP) is 4.18. The maximum absolute atomic E-state index is 5.88. The summed E-state index contributed by atoms with van der Waals surface area (Å²) in [4.78, 5) is 8.38. The predicted molar refractivity (Wildman–Crippen MR) is 83.3 cm³/mol. The van der Waals surface area contributed by atoms with Crippen molar-refractivity contribution in [1.29, 1.82) is 0 Å². The number of benzene rings is 1. The molecule has 0 aliphatic heterocycles. The molecule has 0 aliphatic rings. The minimum atomic E-state index is 0.312. The van der Waals surface area contributed by atoms with Gasteiger partial charge in [-0.05, 0) is 47.1 Å². The Kier molecular flexibility index (Phi) is 5.76. The zero-order chi connectivity index (χ0) is 14.4. The molecule has 0 bridgehead atoms. The highest BCUT2D eigenvalue weighted by atomic mass is 79.9. The van der Waals surface area contributed by atoms with E-state index in [9.17, 15) is 0 Å². The quantitative estimate of drug-likeness (QED) is 0.789.